The maximum atomic E-state index is 12.5. The summed E-state index contributed by atoms with van der Waals surface area (Å²) in [6.07, 6.45) is -1.07. The van der Waals surface area contributed by atoms with Crippen LogP contribution in [0.3, 0.4) is 0 Å². The largest absolute Gasteiger partial charge is 0.496 e. The lowest BCUT2D eigenvalue weighted by Gasteiger charge is -2.35. The summed E-state index contributed by atoms with van der Waals surface area (Å²) in [6, 6.07) is 5.67. The predicted molar refractivity (Wildman–Crippen MR) is 80.0 cm³/mol. The third-order valence-corrected chi connectivity index (χ3v) is 3.67. The van der Waals surface area contributed by atoms with Gasteiger partial charge in [0.2, 0.25) is 5.91 Å². The highest BCUT2D eigenvalue weighted by Crippen LogP contribution is 2.22. The average Bonchev–Trinajstić information content (AvgIpc) is 2.46. The minimum Gasteiger partial charge on any atom is -0.496 e. The molecule has 1 fully saturated rings. The molecule has 1 amide bonds. The average molecular weight is 307 g/mol. The van der Waals surface area contributed by atoms with E-state index in [1.54, 1.807) is 18.9 Å². The van der Waals surface area contributed by atoms with Crippen LogP contribution in [-0.2, 0) is 20.7 Å². The van der Waals surface area contributed by atoms with Crippen LogP contribution < -0.4 is 4.74 Å². The van der Waals surface area contributed by atoms with Gasteiger partial charge in [-0.1, -0.05) is 17.7 Å². The van der Waals surface area contributed by atoms with Crippen LogP contribution in [0.4, 0.5) is 0 Å². The molecule has 1 saturated heterocycles. The second kappa shape index (κ2) is 6.79. The summed E-state index contributed by atoms with van der Waals surface area (Å²) in [5, 5.41) is 9.08. The second-order valence-electron chi connectivity index (χ2n) is 5.56. The van der Waals surface area contributed by atoms with Crippen LogP contribution in [0.15, 0.2) is 18.2 Å². The number of amides is 1. The molecule has 1 heterocycles. The van der Waals surface area contributed by atoms with E-state index in [1.807, 2.05) is 25.1 Å². The van der Waals surface area contributed by atoms with E-state index in [2.05, 4.69) is 0 Å². The Balaban J connectivity index is 2.11. The van der Waals surface area contributed by atoms with Crippen LogP contribution in [-0.4, -0.2) is 54.3 Å². The van der Waals surface area contributed by atoms with Crippen molar-refractivity contribution in [2.45, 2.75) is 32.5 Å². The second-order valence-corrected chi connectivity index (χ2v) is 5.56. The molecule has 2 rings (SSSR count). The maximum absolute atomic E-state index is 12.5. The first-order valence-corrected chi connectivity index (χ1v) is 7.20. The smallest absolute Gasteiger partial charge is 0.334 e. The summed E-state index contributed by atoms with van der Waals surface area (Å²) in [4.78, 5) is 25.1. The summed E-state index contributed by atoms with van der Waals surface area (Å²) in [7, 11) is 1.57. The Morgan fingerprint density at radius 3 is 2.77 bits per heavy atom. The first kappa shape index (κ1) is 16.3. The fraction of sp³-hybridized carbons (Fsp3) is 0.500. The number of carboxylic acids is 1. The number of aryl methyl sites for hydroxylation is 1. The Labute approximate surface area is 129 Å². The molecule has 0 bridgehead atoms. The molecule has 1 N–H and O–H groups in total. The molecule has 1 unspecified atom stereocenters. The van der Waals surface area contributed by atoms with Crippen molar-refractivity contribution in [2.75, 3.05) is 20.2 Å². The number of ether oxygens (including phenoxy) is 2. The van der Waals surface area contributed by atoms with E-state index in [0.29, 0.717) is 12.3 Å². The molecule has 0 spiro atoms. The van der Waals surface area contributed by atoms with Crippen molar-refractivity contribution < 1.29 is 24.2 Å². The highest BCUT2D eigenvalue weighted by Gasteiger charge is 2.32. The highest BCUT2D eigenvalue weighted by atomic mass is 16.5. The minimum atomic E-state index is -1.04. The molecule has 0 radical (unpaired) electrons. The number of aliphatic carboxylic acids is 1. The monoisotopic (exact) mass is 307 g/mol. The van der Waals surface area contributed by atoms with E-state index < -0.39 is 12.1 Å². The Kier molecular flexibility index (Phi) is 5.03. The zero-order valence-electron chi connectivity index (χ0n) is 13.0. The predicted octanol–water partition coefficient (Wildman–Crippen LogP) is 1.25. The van der Waals surface area contributed by atoms with Gasteiger partial charge in [0, 0.05) is 12.1 Å². The highest BCUT2D eigenvalue weighted by molar-refractivity contribution is 5.81. The number of nitrogens with zero attached hydrogens (tertiary/aromatic N) is 1. The number of hydrogen-bond donors (Lipinski definition) is 1. The van der Waals surface area contributed by atoms with Crippen LogP contribution in [0.2, 0.25) is 0 Å². The third-order valence-electron chi connectivity index (χ3n) is 3.67. The van der Waals surface area contributed by atoms with Gasteiger partial charge in [-0.25, -0.2) is 4.79 Å². The summed E-state index contributed by atoms with van der Waals surface area (Å²) in [6.45, 7) is 4.19. The normalized spacial score (nSPS) is 21.5. The molecule has 6 nitrogen and oxygen atoms in total. The topological polar surface area (TPSA) is 76.1 Å². The van der Waals surface area contributed by atoms with Crippen molar-refractivity contribution in [2.24, 2.45) is 0 Å². The molecule has 0 saturated carbocycles. The minimum absolute atomic E-state index is 0.0760. The van der Waals surface area contributed by atoms with Crippen molar-refractivity contribution in [3.8, 4) is 5.75 Å². The molecule has 0 aromatic heterocycles. The maximum Gasteiger partial charge on any atom is 0.334 e. The molecule has 22 heavy (non-hydrogen) atoms. The summed E-state index contributed by atoms with van der Waals surface area (Å²) in [5.74, 6) is -0.502. The van der Waals surface area contributed by atoms with Gasteiger partial charge in [-0.05, 0) is 19.9 Å². The molecule has 120 valence electrons. The van der Waals surface area contributed by atoms with Gasteiger partial charge >= 0.3 is 5.97 Å². The molecule has 1 aromatic rings. The lowest BCUT2D eigenvalue weighted by molar-refractivity contribution is -0.166. The lowest BCUT2D eigenvalue weighted by Crippen LogP contribution is -2.52. The Morgan fingerprint density at radius 2 is 2.14 bits per heavy atom. The van der Waals surface area contributed by atoms with Gasteiger partial charge in [0.1, 0.15) is 5.75 Å². The van der Waals surface area contributed by atoms with Crippen LogP contribution in [0.5, 0.6) is 5.75 Å². The number of rotatable bonds is 4. The van der Waals surface area contributed by atoms with Crippen molar-refractivity contribution in [1.29, 1.82) is 0 Å². The summed E-state index contributed by atoms with van der Waals surface area (Å²) >= 11 is 0. The van der Waals surface area contributed by atoms with Crippen LogP contribution in [0, 0.1) is 6.92 Å². The molecule has 1 aliphatic rings. The van der Waals surface area contributed by atoms with E-state index >= 15 is 0 Å². The number of morpholine rings is 1. The van der Waals surface area contributed by atoms with E-state index in [9.17, 15) is 9.59 Å². The molecular formula is C16H21NO5. The van der Waals surface area contributed by atoms with Crippen LogP contribution in [0.1, 0.15) is 18.1 Å². The molecule has 0 aliphatic carbocycles. The van der Waals surface area contributed by atoms with Gasteiger partial charge in [0.05, 0.1) is 26.2 Å². The van der Waals surface area contributed by atoms with Gasteiger partial charge < -0.3 is 19.5 Å². The Bertz CT molecular complexity index is 572. The molecule has 1 aromatic carbocycles. The molecular weight excluding hydrogens is 286 g/mol. The number of benzene rings is 1. The van der Waals surface area contributed by atoms with E-state index in [0.717, 1.165) is 11.1 Å². The summed E-state index contributed by atoms with van der Waals surface area (Å²) < 4.78 is 10.6. The zero-order chi connectivity index (χ0) is 16.3. The van der Waals surface area contributed by atoms with Crippen molar-refractivity contribution in [1.82, 2.24) is 4.90 Å². The van der Waals surface area contributed by atoms with Gasteiger partial charge in [0.25, 0.3) is 0 Å². The van der Waals surface area contributed by atoms with Crippen LogP contribution in [0.25, 0.3) is 0 Å². The number of hydrogen-bond acceptors (Lipinski definition) is 4. The van der Waals surface area contributed by atoms with Crippen LogP contribution >= 0.6 is 0 Å². The fourth-order valence-corrected chi connectivity index (χ4v) is 2.61. The number of carboxylic acid groups (broad SMARTS) is 1. The Morgan fingerprint density at radius 1 is 1.41 bits per heavy atom. The van der Waals surface area contributed by atoms with E-state index in [1.165, 1.54) is 0 Å². The van der Waals surface area contributed by atoms with E-state index in [4.69, 9.17) is 14.6 Å². The fourth-order valence-electron chi connectivity index (χ4n) is 2.61. The van der Waals surface area contributed by atoms with Crippen molar-refractivity contribution >= 4 is 11.9 Å². The quantitative estimate of drug-likeness (QED) is 0.906. The zero-order valence-corrected chi connectivity index (χ0v) is 13.0. The molecule has 2 atom stereocenters. The first-order valence-electron chi connectivity index (χ1n) is 7.20. The number of methoxy groups -OCH3 is 1. The molecule has 6 heteroatoms. The molecule has 1 aliphatic heterocycles. The van der Waals surface area contributed by atoms with Crippen molar-refractivity contribution in [3.63, 3.8) is 0 Å². The third kappa shape index (κ3) is 3.76. The standard InChI is InChI=1S/C16H21NO5/c1-10-4-5-13(21-3)12(6-10)7-15(18)17-8-11(2)22-14(9-17)16(19)20/h4-6,11,14H,7-9H2,1-3H3,(H,19,20)/t11-,14?/m1/s1. The Hall–Kier alpha value is -2.08. The van der Waals surface area contributed by atoms with Gasteiger partial charge in [0.15, 0.2) is 6.10 Å². The number of carbonyl (C=O) groups is 2. The lowest BCUT2D eigenvalue weighted by atomic mass is 10.1. The van der Waals surface area contributed by atoms with Gasteiger partial charge in [-0.2, -0.15) is 0 Å². The SMILES string of the molecule is COc1ccc(C)cc1CC(=O)N1CC(C(=O)O)O[C@H](C)C1. The van der Waals surface area contributed by atoms with Crippen molar-refractivity contribution in [3.05, 3.63) is 29.3 Å². The number of carbonyl (C=O) groups excluding carboxylic acids is 1. The first-order chi connectivity index (χ1) is 10.4. The summed E-state index contributed by atoms with van der Waals surface area (Å²) in [5.41, 5.74) is 1.85. The van der Waals surface area contributed by atoms with Gasteiger partial charge in [-0.15, -0.1) is 0 Å². The van der Waals surface area contributed by atoms with Gasteiger partial charge in [-0.3, -0.25) is 4.79 Å². The van der Waals surface area contributed by atoms with E-state index in [-0.39, 0.29) is 25.0 Å².